The van der Waals surface area contributed by atoms with Crippen LogP contribution in [-0.4, -0.2) is 49.2 Å². The Morgan fingerprint density at radius 2 is 1.64 bits per heavy atom. The van der Waals surface area contributed by atoms with E-state index in [1.54, 1.807) is 0 Å². The lowest BCUT2D eigenvalue weighted by atomic mass is 10.0. The standard InChI is InChI=1S/C14H21N3O4S/c18-22(19,12-4-2-1-3-5-12)14-16-15-13(21-14)17-10-6-7-11(17)9-20-8-10/h10-12H,1-9H2. The third-order valence-electron chi connectivity index (χ3n) is 5.09. The predicted octanol–water partition coefficient (Wildman–Crippen LogP) is 1.54. The molecule has 3 heterocycles. The van der Waals surface area contributed by atoms with Crippen LogP contribution >= 0.6 is 0 Å². The molecule has 2 unspecified atom stereocenters. The Morgan fingerprint density at radius 1 is 0.955 bits per heavy atom. The fourth-order valence-electron chi connectivity index (χ4n) is 3.88. The average molecular weight is 327 g/mol. The molecule has 122 valence electrons. The number of ether oxygens (including phenoxy) is 1. The smallest absolute Gasteiger partial charge is 0.337 e. The first kappa shape index (κ1) is 14.4. The fraction of sp³-hybridized carbons (Fsp3) is 0.857. The van der Waals surface area contributed by atoms with Crippen molar-refractivity contribution in [2.75, 3.05) is 18.1 Å². The summed E-state index contributed by atoms with van der Waals surface area (Å²) < 4.78 is 36.4. The number of sulfone groups is 1. The summed E-state index contributed by atoms with van der Waals surface area (Å²) in [4.78, 5) is 2.05. The van der Waals surface area contributed by atoms with Gasteiger partial charge in [0.2, 0.25) is 9.84 Å². The van der Waals surface area contributed by atoms with Gasteiger partial charge in [-0.2, -0.15) is 0 Å². The van der Waals surface area contributed by atoms with E-state index in [2.05, 4.69) is 15.1 Å². The largest absolute Gasteiger partial charge is 0.394 e. The van der Waals surface area contributed by atoms with Crippen molar-refractivity contribution in [3.63, 3.8) is 0 Å². The Balaban J connectivity index is 1.58. The fourth-order valence-corrected chi connectivity index (χ4v) is 5.47. The lowest BCUT2D eigenvalue weighted by Crippen LogP contribution is -2.46. The van der Waals surface area contributed by atoms with E-state index in [4.69, 9.17) is 9.15 Å². The van der Waals surface area contributed by atoms with Gasteiger partial charge in [0.25, 0.3) is 0 Å². The summed E-state index contributed by atoms with van der Waals surface area (Å²) in [5, 5.41) is 7.29. The second-order valence-electron chi connectivity index (χ2n) is 6.49. The first-order valence-corrected chi connectivity index (χ1v) is 9.64. The van der Waals surface area contributed by atoms with Gasteiger partial charge in [-0.25, -0.2) is 8.42 Å². The van der Waals surface area contributed by atoms with E-state index < -0.39 is 9.84 Å². The molecule has 1 saturated carbocycles. The Bertz CT molecular complexity index is 622. The molecular formula is C14H21N3O4S. The van der Waals surface area contributed by atoms with Crippen molar-refractivity contribution in [3.05, 3.63) is 0 Å². The van der Waals surface area contributed by atoms with Crippen molar-refractivity contribution < 1.29 is 17.6 Å². The first-order chi connectivity index (χ1) is 10.7. The van der Waals surface area contributed by atoms with E-state index in [0.717, 1.165) is 32.1 Å². The van der Waals surface area contributed by atoms with Gasteiger partial charge in [-0.15, -0.1) is 0 Å². The molecule has 1 aliphatic carbocycles. The van der Waals surface area contributed by atoms with Crippen molar-refractivity contribution in [1.82, 2.24) is 10.2 Å². The van der Waals surface area contributed by atoms with Gasteiger partial charge in [0.15, 0.2) is 0 Å². The molecule has 0 radical (unpaired) electrons. The molecule has 3 fully saturated rings. The van der Waals surface area contributed by atoms with Crippen LogP contribution in [0, 0.1) is 0 Å². The topological polar surface area (TPSA) is 85.5 Å². The van der Waals surface area contributed by atoms with Crippen LogP contribution in [0.25, 0.3) is 0 Å². The highest BCUT2D eigenvalue weighted by molar-refractivity contribution is 7.91. The summed E-state index contributed by atoms with van der Waals surface area (Å²) in [6.45, 7) is 1.28. The minimum atomic E-state index is -3.49. The van der Waals surface area contributed by atoms with E-state index >= 15 is 0 Å². The predicted molar refractivity (Wildman–Crippen MR) is 78.5 cm³/mol. The minimum absolute atomic E-state index is 0.208. The van der Waals surface area contributed by atoms with E-state index in [9.17, 15) is 8.42 Å². The maximum absolute atomic E-state index is 12.6. The molecule has 7 nitrogen and oxygen atoms in total. The van der Waals surface area contributed by atoms with Gasteiger partial charge in [-0.1, -0.05) is 29.5 Å². The van der Waals surface area contributed by atoms with Gasteiger partial charge in [0, 0.05) is 0 Å². The minimum Gasteiger partial charge on any atom is -0.394 e. The van der Waals surface area contributed by atoms with Crippen molar-refractivity contribution in [3.8, 4) is 0 Å². The maximum Gasteiger partial charge on any atom is 0.337 e. The molecule has 0 aromatic carbocycles. The van der Waals surface area contributed by atoms with Crippen LogP contribution in [0.5, 0.6) is 0 Å². The second-order valence-corrected chi connectivity index (χ2v) is 8.59. The average Bonchev–Trinajstić information content (AvgIpc) is 3.11. The van der Waals surface area contributed by atoms with Gasteiger partial charge >= 0.3 is 11.2 Å². The lowest BCUT2D eigenvalue weighted by Gasteiger charge is -2.32. The number of morpholine rings is 1. The molecule has 1 aromatic rings. The highest BCUT2D eigenvalue weighted by Gasteiger charge is 2.41. The first-order valence-electron chi connectivity index (χ1n) is 8.10. The third-order valence-corrected chi connectivity index (χ3v) is 7.09. The molecule has 2 aliphatic heterocycles. The van der Waals surface area contributed by atoms with E-state index in [-0.39, 0.29) is 22.6 Å². The van der Waals surface area contributed by atoms with E-state index in [1.807, 2.05) is 0 Å². The van der Waals surface area contributed by atoms with Crippen LogP contribution in [0.15, 0.2) is 9.64 Å². The summed E-state index contributed by atoms with van der Waals surface area (Å²) in [5.74, 6) is 0. The molecule has 2 saturated heterocycles. The highest BCUT2D eigenvalue weighted by Crippen LogP contribution is 2.35. The maximum atomic E-state index is 12.6. The highest BCUT2D eigenvalue weighted by atomic mass is 32.2. The summed E-state index contributed by atoms with van der Waals surface area (Å²) in [7, 11) is -3.49. The molecule has 2 atom stereocenters. The van der Waals surface area contributed by atoms with Gasteiger partial charge in [0.05, 0.1) is 30.5 Å². The van der Waals surface area contributed by atoms with Crippen LogP contribution < -0.4 is 4.90 Å². The molecule has 2 bridgehead atoms. The molecule has 0 spiro atoms. The number of fused-ring (bicyclic) bond motifs is 2. The SMILES string of the molecule is O=S(=O)(c1nnc(N2C3CCC2COC3)o1)C1CCCCC1. The zero-order valence-electron chi connectivity index (χ0n) is 12.5. The number of aromatic nitrogens is 2. The normalized spacial score (nSPS) is 29.9. The Kier molecular flexibility index (Phi) is 3.60. The van der Waals surface area contributed by atoms with E-state index in [0.29, 0.717) is 32.1 Å². The molecule has 1 aromatic heterocycles. The number of anilines is 1. The molecule has 8 heteroatoms. The summed E-state index contributed by atoms with van der Waals surface area (Å²) >= 11 is 0. The van der Waals surface area contributed by atoms with Gasteiger partial charge < -0.3 is 14.1 Å². The quantitative estimate of drug-likeness (QED) is 0.832. The van der Waals surface area contributed by atoms with Gasteiger partial charge in [-0.05, 0) is 25.7 Å². The number of hydrogen-bond donors (Lipinski definition) is 0. The summed E-state index contributed by atoms with van der Waals surface area (Å²) in [6, 6.07) is 0.791. The molecule has 0 amide bonds. The lowest BCUT2D eigenvalue weighted by molar-refractivity contribution is 0.0872. The van der Waals surface area contributed by atoms with Gasteiger partial charge in [0.1, 0.15) is 0 Å². The van der Waals surface area contributed by atoms with Crippen LogP contribution in [0.2, 0.25) is 0 Å². The van der Waals surface area contributed by atoms with Crippen molar-refractivity contribution in [2.24, 2.45) is 0 Å². The van der Waals surface area contributed by atoms with Crippen LogP contribution in [0.4, 0.5) is 6.01 Å². The monoisotopic (exact) mass is 327 g/mol. The van der Waals surface area contributed by atoms with Crippen LogP contribution in [0.3, 0.4) is 0 Å². The Hall–Kier alpha value is -1.15. The van der Waals surface area contributed by atoms with Crippen LogP contribution in [0.1, 0.15) is 44.9 Å². The van der Waals surface area contributed by atoms with Gasteiger partial charge in [-0.3, -0.25) is 0 Å². The molecule has 0 N–H and O–H groups in total. The molecular weight excluding hydrogens is 306 g/mol. The van der Waals surface area contributed by atoms with Crippen molar-refractivity contribution >= 4 is 15.9 Å². The van der Waals surface area contributed by atoms with Crippen molar-refractivity contribution in [2.45, 2.75) is 67.5 Å². The van der Waals surface area contributed by atoms with Crippen molar-refractivity contribution in [1.29, 1.82) is 0 Å². The zero-order chi connectivity index (χ0) is 15.2. The molecule has 22 heavy (non-hydrogen) atoms. The number of nitrogens with zero attached hydrogens (tertiary/aromatic N) is 3. The Labute approximate surface area is 129 Å². The summed E-state index contributed by atoms with van der Waals surface area (Å²) in [5.41, 5.74) is 0. The number of rotatable bonds is 3. The molecule has 4 rings (SSSR count). The van der Waals surface area contributed by atoms with Crippen LogP contribution in [-0.2, 0) is 14.6 Å². The Morgan fingerprint density at radius 3 is 2.32 bits per heavy atom. The third kappa shape index (κ3) is 2.32. The second kappa shape index (κ2) is 5.49. The number of hydrogen-bond acceptors (Lipinski definition) is 7. The summed E-state index contributed by atoms with van der Waals surface area (Å²) in [6.07, 6.45) is 6.47. The van der Waals surface area contributed by atoms with E-state index in [1.165, 1.54) is 0 Å². The zero-order valence-corrected chi connectivity index (χ0v) is 13.3. The molecule has 3 aliphatic rings.